The summed E-state index contributed by atoms with van der Waals surface area (Å²) < 4.78 is 4.07. The number of nitrogens with zero attached hydrogens (tertiary/aromatic N) is 3. The lowest BCUT2D eigenvalue weighted by Crippen LogP contribution is -2.11. The minimum absolute atomic E-state index is 0.843. The quantitative estimate of drug-likeness (QED) is 0.237. The van der Waals surface area contributed by atoms with E-state index in [9.17, 15) is 0 Å². The zero-order valence-corrected chi connectivity index (χ0v) is 20.6. The highest BCUT2D eigenvalue weighted by Crippen LogP contribution is 2.32. The van der Waals surface area contributed by atoms with Crippen molar-refractivity contribution in [1.82, 2.24) is 4.68 Å². The van der Waals surface area contributed by atoms with Crippen LogP contribution in [0.1, 0.15) is 16.7 Å². The topological polar surface area (TPSA) is 29.6 Å². The van der Waals surface area contributed by atoms with Crippen molar-refractivity contribution in [2.75, 3.05) is 0 Å². The summed E-state index contributed by atoms with van der Waals surface area (Å²) in [6.45, 7) is 4.18. The van der Waals surface area contributed by atoms with Gasteiger partial charge < -0.3 is 0 Å². The number of hydrogen-bond acceptors (Lipinski definition) is 4. The second-order valence-electron chi connectivity index (χ2n) is 6.47. The van der Waals surface area contributed by atoms with Gasteiger partial charge in [-0.2, -0.15) is 5.10 Å². The zero-order valence-electron chi connectivity index (χ0n) is 15.8. The van der Waals surface area contributed by atoms with Crippen LogP contribution in [0.2, 0.25) is 0 Å². The number of aryl methyl sites for hydroxylation is 2. The lowest BCUT2D eigenvalue weighted by atomic mass is 10.1. The van der Waals surface area contributed by atoms with E-state index in [0.717, 1.165) is 46.0 Å². The van der Waals surface area contributed by atoms with E-state index in [1.165, 1.54) is 0 Å². The van der Waals surface area contributed by atoms with Crippen molar-refractivity contribution in [1.29, 1.82) is 0 Å². The number of para-hydroxylation sites is 1. The van der Waals surface area contributed by atoms with Gasteiger partial charge in [-0.15, -0.1) is 22.7 Å². The lowest BCUT2D eigenvalue weighted by Gasteiger charge is -2.04. The number of thiazole rings is 1. The van der Waals surface area contributed by atoms with E-state index in [4.69, 9.17) is 10.1 Å². The van der Waals surface area contributed by atoms with Crippen molar-refractivity contribution in [2.24, 2.45) is 10.1 Å². The average molecular weight is 547 g/mol. The third kappa shape index (κ3) is 4.69. The summed E-state index contributed by atoms with van der Waals surface area (Å²) in [5.74, 6) is 0. The molecule has 0 saturated heterocycles. The van der Waals surface area contributed by atoms with Gasteiger partial charge in [-0.25, -0.2) is 9.67 Å². The Morgan fingerprint density at radius 1 is 0.931 bits per heavy atom. The summed E-state index contributed by atoms with van der Waals surface area (Å²) in [4.78, 5) is 6.96. The molecule has 0 fully saturated rings. The smallest absolute Gasteiger partial charge is 0.211 e. The molecule has 2 heterocycles. The Morgan fingerprint density at radius 3 is 2.31 bits per heavy atom. The molecular weight excluding hydrogens is 530 g/mol. The molecule has 4 rings (SSSR count). The standard InChI is InChI=1S/C22H17Br2N3S2/c1-14-4-3-5-15(2)21(14)26-22-27(25-12-16-6-8-17(23)9-7-16)18(13-28-22)19-10-11-20(24)29-19/h3-13H,1-2H3. The Hall–Kier alpha value is -1.80. The van der Waals surface area contributed by atoms with Gasteiger partial charge >= 0.3 is 0 Å². The van der Waals surface area contributed by atoms with Gasteiger partial charge in [0.1, 0.15) is 0 Å². The summed E-state index contributed by atoms with van der Waals surface area (Å²) >= 11 is 10.3. The molecule has 7 heteroatoms. The first-order valence-corrected chi connectivity index (χ1v) is 12.2. The van der Waals surface area contributed by atoms with E-state index in [2.05, 4.69) is 81.4 Å². The fourth-order valence-corrected chi connectivity index (χ4v) is 5.42. The van der Waals surface area contributed by atoms with E-state index in [1.807, 2.05) is 35.2 Å². The summed E-state index contributed by atoms with van der Waals surface area (Å²) in [7, 11) is 0. The molecule has 0 spiro atoms. The van der Waals surface area contributed by atoms with Crippen LogP contribution in [0.3, 0.4) is 0 Å². The molecule has 0 N–H and O–H groups in total. The van der Waals surface area contributed by atoms with Crippen molar-refractivity contribution >= 4 is 66.4 Å². The maximum atomic E-state index is 4.97. The van der Waals surface area contributed by atoms with E-state index < -0.39 is 0 Å². The van der Waals surface area contributed by atoms with Crippen LogP contribution in [-0.4, -0.2) is 10.9 Å². The molecule has 0 bridgehead atoms. The van der Waals surface area contributed by atoms with Gasteiger partial charge in [0.05, 0.1) is 26.3 Å². The van der Waals surface area contributed by atoms with Gasteiger partial charge in [0.25, 0.3) is 0 Å². The van der Waals surface area contributed by atoms with Crippen LogP contribution in [0.25, 0.3) is 10.6 Å². The Balaban J connectivity index is 1.87. The predicted octanol–water partition coefficient (Wildman–Crippen LogP) is 7.53. The number of halogens is 2. The molecule has 0 saturated carbocycles. The second-order valence-corrected chi connectivity index (χ2v) is 10.7. The first kappa shape index (κ1) is 20.5. The summed E-state index contributed by atoms with van der Waals surface area (Å²) in [5, 5.41) is 6.91. The van der Waals surface area contributed by atoms with E-state index in [1.54, 1.807) is 22.7 Å². The summed E-state index contributed by atoms with van der Waals surface area (Å²) in [6.07, 6.45) is 1.87. The van der Waals surface area contributed by atoms with Gasteiger partial charge in [0, 0.05) is 9.85 Å². The zero-order chi connectivity index (χ0) is 20.4. The highest BCUT2D eigenvalue weighted by Gasteiger charge is 2.11. The molecule has 0 radical (unpaired) electrons. The summed E-state index contributed by atoms with van der Waals surface area (Å²) in [5.41, 5.74) is 5.37. The van der Waals surface area contributed by atoms with Crippen molar-refractivity contribution in [3.8, 4) is 10.6 Å². The van der Waals surface area contributed by atoms with Crippen molar-refractivity contribution in [3.05, 3.63) is 89.7 Å². The van der Waals surface area contributed by atoms with E-state index >= 15 is 0 Å². The fraction of sp³-hybridized carbons (Fsp3) is 0.0909. The maximum Gasteiger partial charge on any atom is 0.211 e. The van der Waals surface area contributed by atoms with Crippen LogP contribution in [0.5, 0.6) is 0 Å². The van der Waals surface area contributed by atoms with Crippen molar-refractivity contribution in [2.45, 2.75) is 13.8 Å². The first-order chi connectivity index (χ1) is 14.0. The van der Waals surface area contributed by atoms with Crippen molar-refractivity contribution < 1.29 is 0 Å². The monoisotopic (exact) mass is 545 g/mol. The first-order valence-electron chi connectivity index (χ1n) is 8.88. The van der Waals surface area contributed by atoms with Crippen LogP contribution in [0.4, 0.5) is 5.69 Å². The van der Waals surface area contributed by atoms with Gasteiger partial charge in [-0.05, 0) is 70.7 Å². The molecular formula is C22H17Br2N3S2. The van der Waals surface area contributed by atoms with Gasteiger partial charge in [-0.1, -0.05) is 46.3 Å². The molecule has 0 aliphatic rings. The van der Waals surface area contributed by atoms with Gasteiger partial charge in [0.2, 0.25) is 4.80 Å². The number of hydrogen-bond donors (Lipinski definition) is 0. The highest BCUT2D eigenvalue weighted by atomic mass is 79.9. The SMILES string of the molecule is Cc1cccc(C)c1N=c1scc(-c2ccc(Br)s2)n1N=Cc1ccc(Br)cc1. The van der Waals surface area contributed by atoms with E-state index in [0.29, 0.717) is 0 Å². The Labute approximate surface area is 194 Å². The largest absolute Gasteiger partial charge is 0.219 e. The van der Waals surface area contributed by atoms with Crippen LogP contribution >= 0.6 is 54.5 Å². The Morgan fingerprint density at radius 2 is 1.66 bits per heavy atom. The molecule has 0 aliphatic heterocycles. The van der Waals surface area contributed by atoms with Crippen molar-refractivity contribution in [3.63, 3.8) is 0 Å². The molecule has 29 heavy (non-hydrogen) atoms. The molecule has 146 valence electrons. The second kappa shape index (κ2) is 8.92. The average Bonchev–Trinajstić information content (AvgIpc) is 3.30. The predicted molar refractivity (Wildman–Crippen MR) is 132 cm³/mol. The molecule has 2 aromatic heterocycles. The minimum Gasteiger partial charge on any atom is -0.219 e. The maximum absolute atomic E-state index is 4.97. The molecule has 0 unspecified atom stereocenters. The number of rotatable bonds is 4. The van der Waals surface area contributed by atoms with Crippen LogP contribution < -0.4 is 4.80 Å². The van der Waals surface area contributed by atoms with Crippen LogP contribution in [-0.2, 0) is 0 Å². The Bertz CT molecular complexity index is 1230. The number of benzene rings is 2. The molecule has 0 amide bonds. The normalized spacial score (nSPS) is 12.2. The molecule has 0 aliphatic carbocycles. The minimum atomic E-state index is 0.843. The lowest BCUT2D eigenvalue weighted by molar-refractivity contribution is 0.855. The molecule has 2 aromatic carbocycles. The van der Waals surface area contributed by atoms with Gasteiger partial charge in [-0.3, -0.25) is 0 Å². The van der Waals surface area contributed by atoms with Crippen LogP contribution in [0, 0.1) is 13.8 Å². The molecule has 3 nitrogen and oxygen atoms in total. The summed E-state index contributed by atoms with van der Waals surface area (Å²) in [6, 6.07) is 18.5. The number of aromatic nitrogens is 1. The van der Waals surface area contributed by atoms with E-state index in [-0.39, 0.29) is 0 Å². The third-order valence-corrected chi connectivity index (χ3v) is 7.34. The van der Waals surface area contributed by atoms with Gasteiger partial charge in [0.15, 0.2) is 0 Å². The number of thiophene rings is 1. The molecule has 4 aromatic rings. The third-order valence-electron chi connectivity index (χ3n) is 4.35. The molecule has 0 atom stereocenters. The Kier molecular flexibility index (Phi) is 6.29. The fourth-order valence-electron chi connectivity index (χ4n) is 2.86. The van der Waals surface area contributed by atoms with Crippen LogP contribution in [0.15, 0.2) is 78.3 Å². The highest BCUT2D eigenvalue weighted by molar-refractivity contribution is 9.11.